The molecule has 0 fully saturated rings. The van der Waals surface area contributed by atoms with E-state index in [2.05, 4.69) is 15.1 Å². The molecule has 2 N–H and O–H groups in total. The summed E-state index contributed by atoms with van der Waals surface area (Å²) in [6.07, 6.45) is 1.70. The molecule has 2 rings (SSSR count). The molecule has 2 aromatic heterocycles. The molecule has 0 atom stereocenters. The molecule has 0 spiro atoms. The van der Waals surface area contributed by atoms with Crippen LogP contribution >= 0.6 is 0 Å². The maximum atomic E-state index is 11.5. The van der Waals surface area contributed by atoms with E-state index in [4.69, 9.17) is 14.9 Å². The summed E-state index contributed by atoms with van der Waals surface area (Å²) in [6.45, 7) is 8.67. The SMILES string of the molecule is COCCn1cnnc1CN(C)Cc1cc(C(N)=O)oc1C(C)(C)C. The van der Waals surface area contributed by atoms with E-state index in [1.54, 1.807) is 19.5 Å². The Balaban J connectivity index is 2.14. The number of primary amides is 1. The van der Waals surface area contributed by atoms with Gasteiger partial charge in [0.25, 0.3) is 5.91 Å². The molecule has 138 valence electrons. The second-order valence-electron chi connectivity index (χ2n) is 7.18. The highest BCUT2D eigenvalue weighted by atomic mass is 16.5. The van der Waals surface area contributed by atoms with Gasteiger partial charge in [-0.1, -0.05) is 20.8 Å². The Labute approximate surface area is 147 Å². The number of aromatic nitrogens is 3. The summed E-state index contributed by atoms with van der Waals surface area (Å²) < 4.78 is 12.8. The molecule has 0 aliphatic rings. The quantitative estimate of drug-likeness (QED) is 0.776. The van der Waals surface area contributed by atoms with E-state index in [1.165, 1.54) is 0 Å². The van der Waals surface area contributed by atoms with Gasteiger partial charge in [0.05, 0.1) is 13.2 Å². The molecule has 2 heterocycles. The zero-order chi connectivity index (χ0) is 18.6. The second kappa shape index (κ2) is 7.79. The number of carbonyl (C=O) groups excluding carboxylic acids is 1. The van der Waals surface area contributed by atoms with Crippen molar-refractivity contribution in [2.45, 2.75) is 45.8 Å². The number of rotatable bonds is 8. The van der Waals surface area contributed by atoms with Gasteiger partial charge in [-0.05, 0) is 13.1 Å². The molecule has 0 saturated carbocycles. The van der Waals surface area contributed by atoms with Crippen molar-refractivity contribution in [3.63, 3.8) is 0 Å². The van der Waals surface area contributed by atoms with E-state index >= 15 is 0 Å². The Morgan fingerprint density at radius 2 is 2.12 bits per heavy atom. The lowest BCUT2D eigenvalue weighted by atomic mass is 9.90. The van der Waals surface area contributed by atoms with Crippen molar-refractivity contribution in [3.8, 4) is 0 Å². The molecule has 0 unspecified atom stereocenters. The summed E-state index contributed by atoms with van der Waals surface area (Å²) in [7, 11) is 3.65. The monoisotopic (exact) mass is 349 g/mol. The molecule has 0 aromatic carbocycles. The summed E-state index contributed by atoms with van der Waals surface area (Å²) in [4.78, 5) is 13.6. The first-order chi connectivity index (χ1) is 11.7. The van der Waals surface area contributed by atoms with Gasteiger partial charge in [-0.3, -0.25) is 9.69 Å². The number of hydrogen-bond acceptors (Lipinski definition) is 6. The lowest BCUT2D eigenvalue weighted by molar-refractivity contribution is 0.0970. The van der Waals surface area contributed by atoms with Crippen molar-refractivity contribution in [1.82, 2.24) is 19.7 Å². The number of nitrogens with two attached hydrogens (primary N) is 1. The maximum absolute atomic E-state index is 11.5. The van der Waals surface area contributed by atoms with Gasteiger partial charge in [0.2, 0.25) is 0 Å². The molecule has 2 aromatic rings. The van der Waals surface area contributed by atoms with Crippen LogP contribution in [0.3, 0.4) is 0 Å². The first kappa shape index (κ1) is 19.1. The van der Waals surface area contributed by atoms with E-state index in [0.29, 0.717) is 26.2 Å². The first-order valence-electron chi connectivity index (χ1n) is 8.19. The van der Waals surface area contributed by atoms with Crippen LogP contribution in [0.15, 0.2) is 16.8 Å². The summed E-state index contributed by atoms with van der Waals surface area (Å²) >= 11 is 0. The zero-order valence-corrected chi connectivity index (χ0v) is 15.6. The molecule has 0 aliphatic carbocycles. The highest BCUT2D eigenvalue weighted by molar-refractivity contribution is 5.90. The topological polar surface area (TPSA) is 99.4 Å². The summed E-state index contributed by atoms with van der Waals surface area (Å²) in [5.74, 6) is 1.26. The first-order valence-corrected chi connectivity index (χ1v) is 8.19. The van der Waals surface area contributed by atoms with E-state index in [-0.39, 0.29) is 11.2 Å². The predicted molar refractivity (Wildman–Crippen MR) is 93.0 cm³/mol. The number of furan rings is 1. The molecule has 0 aliphatic heterocycles. The Hall–Kier alpha value is -2.19. The summed E-state index contributed by atoms with van der Waals surface area (Å²) in [5, 5.41) is 8.14. The molecule has 8 nitrogen and oxygen atoms in total. The third-order valence-corrected chi connectivity index (χ3v) is 3.82. The van der Waals surface area contributed by atoms with Crippen LogP contribution in [-0.4, -0.2) is 46.3 Å². The van der Waals surface area contributed by atoms with Crippen molar-refractivity contribution in [2.24, 2.45) is 5.73 Å². The molecule has 0 radical (unpaired) electrons. The average Bonchev–Trinajstić information content (AvgIpc) is 3.11. The number of methoxy groups -OCH3 is 1. The van der Waals surface area contributed by atoms with Gasteiger partial charge in [0, 0.05) is 31.2 Å². The summed E-state index contributed by atoms with van der Waals surface area (Å²) in [5.41, 5.74) is 6.10. The maximum Gasteiger partial charge on any atom is 0.284 e. The third kappa shape index (κ3) is 4.90. The Bertz CT molecular complexity index is 714. The van der Waals surface area contributed by atoms with Gasteiger partial charge >= 0.3 is 0 Å². The van der Waals surface area contributed by atoms with Gasteiger partial charge in [-0.25, -0.2) is 0 Å². The minimum absolute atomic E-state index is 0.191. The van der Waals surface area contributed by atoms with Gasteiger partial charge < -0.3 is 19.5 Å². The van der Waals surface area contributed by atoms with Crippen LogP contribution in [0.1, 0.15) is 48.5 Å². The fraction of sp³-hybridized carbons (Fsp3) is 0.588. The molecule has 0 saturated heterocycles. The lowest BCUT2D eigenvalue weighted by Crippen LogP contribution is -2.22. The Morgan fingerprint density at radius 3 is 2.72 bits per heavy atom. The third-order valence-electron chi connectivity index (χ3n) is 3.82. The smallest absolute Gasteiger partial charge is 0.284 e. The van der Waals surface area contributed by atoms with E-state index < -0.39 is 5.91 Å². The molecule has 1 amide bonds. The fourth-order valence-corrected chi connectivity index (χ4v) is 2.67. The lowest BCUT2D eigenvalue weighted by Gasteiger charge is -2.21. The number of ether oxygens (including phenoxy) is 1. The number of hydrogen-bond donors (Lipinski definition) is 1. The van der Waals surface area contributed by atoms with Gasteiger partial charge in [-0.15, -0.1) is 10.2 Å². The van der Waals surface area contributed by atoms with Gasteiger partial charge in [0.15, 0.2) is 5.76 Å². The normalized spacial score (nSPS) is 12.1. The van der Waals surface area contributed by atoms with E-state index in [1.807, 2.05) is 32.4 Å². The van der Waals surface area contributed by atoms with Gasteiger partial charge in [0.1, 0.15) is 17.9 Å². The van der Waals surface area contributed by atoms with Gasteiger partial charge in [-0.2, -0.15) is 0 Å². The Kier molecular flexibility index (Phi) is 5.97. The largest absolute Gasteiger partial charge is 0.455 e. The number of amides is 1. The predicted octanol–water partition coefficient (Wildman–Crippen LogP) is 1.55. The minimum atomic E-state index is -0.557. The molecular formula is C17H27N5O3. The van der Waals surface area contributed by atoms with Crippen LogP contribution in [0.25, 0.3) is 0 Å². The Morgan fingerprint density at radius 1 is 1.40 bits per heavy atom. The van der Waals surface area contributed by atoms with Crippen molar-refractivity contribution < 1.29 is 13.9 Å². The van der Waals surface area contributed by atoms with Crippen LogP contribution in [0.2, 0.25) is 0 Å². The summed E-state index contributed by atoms with van der Waals surface area (Å²) in [6, 6.07) is 1.73. The van der Waals surface area contributed by atoms with Crippen LogP contribution in [0, 0.1) is 0 Å². The highest BCUT2D eigenvalue weighted by Gasteiger charge is 2.26. The minimum Gasteiger partial charge on any atom is -0.455 e. The molecule has 8 heteroatoms. The van der Waals surface area contributed by atoms with Crippen LogP contribution < -0.4 is 5.73 Å². The van der Waals surface area contributed by atoms with Crippen LogP contribution in [0.5, 0.6) is 0 Å². The van der Waals surface area contributed by atoms with Crippen molar-refractivity contribution in [3.05, 3.63) is 35.3 Å². The van der Waals surface area contributed by atoms with Crippen LogP contribution in [0.4, 0.5) is 0 Å². The second-order valence-corrected chi connectivity index (χ2v) is 7.18. The highest BCUT2D eigenvalue weighted by Crippen LogP contribution is 2.29. The van der Waals surface area contributed by atoms with Crippen molar-refractivity contribution in [1.29, 1.82) is 0 Å². The standard InChI is InChI=1S/C17H27N5O3/c1-17(2,3)15-12(8-13(25-15)16(18)23)9-21(4)10-14-20-19-11-22(14)6-7-24-5/h8,11H,6-7,9-10H2,1-5H3,(H2,18,23). The van der Waals surface area contributed by atoms with Crippen molar-refractivity contribution in [2.75, 3.05) is 20.8 Å². The molecule has 25 heavy (non-hydrogen) atoms. The number of carbonyl (C=O) groups is 1. The fourth-order valence-electron chi connectivity index (χ4n) is 2.67. The molecule has 0 bridgehead atoms. The van der Waals surface area contributed by atoms with Crippen LogP contribution in [-0.2, 0) is 29.8 Å². The number of nitrogens with zero attached hydrogens (tertiary/aromatic N) is 4. The van der Waals surface area contributed by atoms with E-state index in [9.17, 15) is 4.79 Å². The molecular weight excluding hydrogens is 322 g/mol. The van der Waals surface area contributed by atoms with Crippen molar-refractivity contribution >= 4 is 5.91 Å². The average molecular weight is 349 g/mol. The van der Waals surface area contributed by atoms with E-state index in [0.717, 1.165) is 17.1 Å². The zero-order valence-electron chi connectivity index (χ0n) is 15.6.